The quantitative estimate of drug-likeness (QED) is 0.734. The highest BCUT2D eigenvalue weighted by Gasteiger charge is 2.27. The van der Waals surface area contributed by atoms with Gasteiger partial charge in [0, 0.05) is 11.6 Å². The van der Waals surface area contributed by atoms with Gasteiger partial charge in [-0.25, -0.2) is 9.97 Å². The van der Waals surface area contributed by atoms with Crippen molar-refractivity contribution in [2.45, 2.75) is 5.92 Å². The van der Waals surface area contributed by atoms with E-state index in [1.807, 2.05) is 24.3 Å². The number of benzene rings is 1. The van der Waals surface area contributed by atoms with Gasteiger partial charge in [0.15, 0.2) is 0 Å². The van der Waals surface area contributed by atoms with Crippen molar-refractivity contribution in [2.75, 3.05) is 6.61 Å². The first-order valence-electron chi connectivity index (χ1n) is 5.16. The molecule has 1 aliphatic rings. The predicted molar refractivity (Wildman–Crippen MR) is 71.2 cm³/mol. The smallest absolute Gasteiger partial charge is 0.141 e. The van der Waals surface area contributed by atoms with Gasteiger partial charge in [-0.05, 0) is 37.9 Å². The van der Waals surface area contributed by atoms with E-state index in [4.69, 9.17) is 4.74 Å². The van der Waals surface area contributed by atoms with Gasteiger partial charge in [0.25, 0.3) is 0 Å². The number of hydrogen-bond acceptors (Lipinski definition) is 3. The molecular formula is C12H8Br2N2O. The average Bonchev–Trinajstić information content (AvgIpc) is 2.71. The maximum Gasteiger partial charge on any atom is 0.141 e. The molecule has 17 heavy (non-hydrogen) atoms. The number of rotatable bonds is 1. The van der Waals surface area contributed by atoms with E-state index in [9.17, 15) is 0 Å². The van der Waals surface area contributed by atoms with Crippen molar-refractivity contribution in [1.29, 1.82) is 0 Å². The van der Waals surface area contributed by atoms with Crippen LogP contribution in [0, 0.1) is 0 Å². The van der Waals surface area contributed by atoms with E-state index in [2.05, 4.69) is 47.9 Å². The normalized spacial score (nSPS) is 17.6. The minimum absolute atomic E-state index is 0.111. The molecule has 0 aliphatic carbocycles. The molecule has 0 amide bonds. The lowest BCUT2D eigenvalue weighted by Gasteiger charge is -2.07. The van der Waals surface area contributed by atoms with Crippen LogP contribution in [-0.2, 0) is 0 Å². The van der Waals surface area contributed by atoms with Crippen LogP contribution < -0.4 is 4.74 Å². The van der Waals surface area contributed by atoms with Crippen LogP contribution in [0.1, 0.15) is 17.3 Å². The highest BCUT2D eigenvalue weighted by molar-refractivity contribution is 9.11. The molecule has 0 radical (unpaired) electrons. The fraction of sp³-hybridized carbons (Fsp3) is 0.167. The molecule has 0 saturated carbocycles. The molecule has 1 aromatic carbocycles. The summed E-state index contributed by atoms with van der Waals surface area (Å²) in [5, 5.41) is 0. The summed E-state index contributed by atoms with van der Waals surface area (Å²) >= 11 is 6.76. The molecule has 5 heteroatoms. The van der Waals surface area contributed by atoms with Crippen LogP contribution in [0.4, 0.5) is 0 Å². The van der Waals surface area contributed by atoms with Crippen molar-refractivity contribution in [3.8, 4) is 5.75 Å². The molecule has 86 valence electrons. The molecule has 3 nitrogen and oxygen atoms in total. The Bertz CT molecular complexity index is 554. The van der Waals surface area contributed by atoms with Crippen molar-refractivity contribution in [3.05, 3.63) is 50.9 Å². The fourth-order valence-electron chi connectivity index (χ4n) is 1.94. The molecule has 0 N–H and O–H groups in total. The number of halogens is 2. The van der Waals surface area contributed by atoms with E-state index in [1.54, 1.807) is 0 Å². The van der Waals surface area contributed by atoms with E-state index >= 15 is 0 Å². The molecular weight excluding hydrogens is 348 g/mol. The Morgan fingerprint density at radius 2 is 1.82 bits per heavy atom. The van der Waals surface area contributed by atoms with Gasteiger partial charge in [-0.15, -0.1) is 0 Å². The number of fused-ring (bicyclic) bond motifs is 1. The lowest BCUT2D eigenvalue weighted by Crippen LogP contribution is -2.08. The van der Waals surface area contributed by atoms with Gasteiger partial charge in [-0.2, -0.15) is 0 Å². The summed E-state index contributed by atoms with van der Waals surface area (Å²) in [4.78, 5) is 8.82. The third-order valence-corrected chi connectivity index (χ3v) is 3.51. The summed E-state index contributed by atoms with van der Waals surface area (Å²) in [6.07, 6.45) is 0. The second-order valence-electron chi connectivity index (χ2n) is 3.77. The van der Waals surface area contributed by atoms with Gasteiger partial charge < -0.3 is 4.74 Å². The fourth-order valence-corrected chi connectivity index (χ4v) is 3.04. The zero-order valence-electron chi connectivity index (χ0n) is 8.73. The lowest BCUT2D eigenvalue weighted by molar-refractivity contribution is 0.339. The van der Waals surface area contributed by atoms with Gasteiger partial charge in [-0.1, -0.05) is 18.2 Å². The lowest BCUT2D eigenvalue weighted by atomic mass is 10.0. The average molecular weight is 356 g/mol. The van der Waals surface area contributed by atoms with E-state index in [1.165, 1.54) is 0 Å². The Balaban J connectivity index is 2.06. The van der Waals surface area contributed by atoms with Crippen molar-refractivity contribution in [3.63, 3.8) is 0 Å². The molecule has 0 fully saturated rings. The second kappa shape index (κ2) is 4.38. The number of hydrogen-bond donors (Lipinski definition) is 0. The zero-order valence-corrected chi connectivity index (χ0v) is 11.9. The molecule has 2 heterocycles. The van der Waals surface area contributed by atoms with Gasteiger partial charge in [0.05, 0.1) is 5.92 Å². The summed E-state index contributed by atoms with van der Waals surface area (Å²) in [5.41, 5.74) is 1.15. The van der Waals surface area contributed by atoms with E-state index in [0.717, 1.165) is 26.3 Å². The summed E-state index contributed by atoms with van der Waals surface area (Å²) in [5.74, 6) is 1.81. The summed E-state index contributed by atoms with van der Waals surface area (Å²) in [7, 11) is 0. The molecule has 2 aromatic rings. The SMILES string of the molecule is Brc1cc(Br)nc(C2COc3ccccc32)n1. The van der Waals surface area contributed by atoms with Crippen LogP contribution in [0.15, 0.2) is 39.5 Å². The Morgan fingerprint density at radius 1 is 1.12 bits per heavy atom. The summed E-state index contributed by atoms with van der Waals surface area (Å²) < 4.78 is 7.19. The molecule has 0 saturated heterocycles. The molecule has 1 unspecified atom stereocenters. The Labute approximate surface area is 116 Å². The van der Waals surface area contributed by atoms with Crippen LogP contribution >= 0.6 is 31.9 Å². The first-order chi connectivity index (χ1) is 8.24. The number of para-hydroxylation sites is 1. The molecule has 1 aromatic heterocycles. The Hall–Kier alpha value is -0.940. The topological polar surface area (TPSA) is 35.0 Å². The van der Waals surface area contributed by atoms with Crippen LogP contribution in [-0.4, -0.2) is 16.6 Å². The molecule has 0 spiro atoms. The van der Waals surface area contributed by atoms with Crippen LogP contribution in [0.5, 0.6) is 5.75 Å². The largest absolute Gasteiger partial charge is 0.492 e. The van der Waals surface area contributed by atoms with Crippen LogP contribution in [0.2, 0.25) is 0 Å². The van der Waals surface area contributed by atoms with Crippen LogP contribution in [0.3, 0.4) is 0 Å². The van der Waals surface area contributed by atoms with E-state index < -0.39 is 0 Å². The minimum Gasteiger partial charge on any atom is -0.492 e. The maximum atomic E-state index is 5.63. The molecule has 1 aliphatic heterocycles. The molecule has 3 rings (SSSR count). The van der Waals surface area contributed by atoms with Crippen molar-refractivity contribution >= 4 is 31.9 Å². The first kappa shape index (κ1) is 11.2. The Morgan fingerprint density at radius 3 is 2.59 bits per heavy atom. The monoisotopic (exact) mass is 354 g/mol. The first-order valence-corrected chi connectivity index (χ1v) is 6.74. The summed E-state index contributed by atoms with van der Waals surface area (Å²) in [6.45, 7) is 0.599. The van der Waals surface area contributed by atoms with Gasteiger partial charge in [-0.3, -0.25) is 0 Å². The van der Waals surface area contributed by atoms with Crippen molar-refractivity contribution in [2.24, 2.45) is 0 Å². The molecule has 0 bridgehead atoms. The summed E-state index contributed by atoms with van der Waals surface area (Å²) in [6, 6.07) is 9.84. The highest BCUT2D eigenvalue weighted by atomic mass is 79.9. The van der Waals surface area contributed by atoms with Crippen LogP contribution in [0.25, 0.3) is 0 Å². The van der Waals surface area contributed by atoms with Gasteiger partial charge in [0.1, 0.15) is 27.4 Å². The number of aromatic nitrogens is 2. The van der Waals surface area contributed by atoms with E-state index in [-0.39, 0.29) is 5.92 Å². The number of nitrogens with zero attached hydrogens (tertiary/aromatic N) is 2. The van der Waals surface area contributed by atoms with Gasteiger partial charge >= 0.3 is 0 Å². The van der Waals surface area contributed by atoms with Crippen molar-refractivity contribution in [1.82, 2.24) is 9.97 Å². The standard InChI is InChI=1S/C12H8Br2N2O/c13-10-5-11(14)16-12(15-10)8-6-17-9-4-2-1-3-7(8)9/h1-5,8H,6H2. The minimum atomic E-state index is 0.111. The van der Waals surface area contributed by atoms with E-state index in [0.29, 0.717) is 6.61 Å². The van der Waals surface area contributed by atoms with Crippen molar-refractivity contribution < 1.29 is 4.74 Å². The highest BCUT2D eigenvalue weighted by Crippen LogP contribution is 2.36. The third-order valence-electron chi connectivity index (χ3n) is 2.69. The zero-order chi connectivity index (χ0) is 11.8. The predicted octanol–water partition coefficient (Wildman–Crippen LogP) is 3.53. The molecule has 1 atom stereocenters. The Kier molecular flexibility index (Phi) is 2.88. The third kappa shape index (κ3) is 2.09. The maximum absolute atomic E-state index is 5.63. The number of ether oxygens (including phenoxy) is 1. The van der Waals surface area contributed by atoms with Gasteiger partial charge in [0.2, 0.25) is 0 Å². The second-order valence-corrected chi connectivity index (χ2v) is 5.40.